The minimum absolute atomic E-state index is 0.0571. The van der Waals surface area contributed by atoms with Gasteiger partial charge in [-0.3, -0.25) is 9.78 Å². The number of aromatic amines is 1. The number of rotatable bonds is 6. The Bertz CT molecular complexity index is 1180. The number of morpholine rings is 1. The van der Waals surface area contributed by atoms with E-state index in [9.17, 15) is 4.79 Å². The zero-order valence-electron chi connectivity index (χ0n) is 17.1. The van der Waals surface area contributed by atoms with Gasteiger partial charge in [0.25, 0.3) is 5.91 Å². The Morgan fingerprint density at radius 2 is 2.19 bits per heavy atom. The quantitative estimate of drug-likeness (QED) is 0.431. The summed E-state index contributed by atoms with van der Waals surface area (Å²) in [6.45, 7) is 2.92. The van der Waals surface area contributed by atoms with Crippen LogP contribution in [0.25, 0.3) is 22.0 Å². The lowest BCUT2D eigenvalue weighted by atomic mass is 9.99. The minimum Gasteiger partial charge on any atom is -0.369 e. The van der Waals surface area contributed by atoms with E-state index < -0.39 is 0 Å². The van der Waals surface area contributed by atoms with Gasteiger partial charge in [-0.25, -0.2) is 0 Å². The van der Waals surface area contributed by atoms with Crippen molar-refractivity contribution in [3.63, 3.8) is 0 Å². The summed E-state index contributed by atoms with van der Waals surface area (Å²) in [6, 6.07) is 13.9. The summed E-state index contributed by atoms with van der Waals surface area (Å²) in [5.41, 5.74) is 4.63. The van der Waals surface area contributed by atoms with Crippen molar-refractivity contribution in [2.45, 2.75) is 12.5 Å². The van der Waals surface area contributed by atoms with Crippen molar-refractivity contribution in [3.8, 4) is 11.1 Å². The van der Waals surface area contributed by atoms with E-state index in [0.717, 1.165) is 47.2 Å². The molecule has 1 aromatic carbocycles. The molecule has 5 rings (SSSR count). The van der Waals surface area contributed by atoms with E-state index in [1.165, 1.54) is 4.88 Å². The largest absolute Gasteiger partial charge is 0.369 e. The fraction of sp³-hybridized carbons (Fsp3) is 0.250. The lowest BCUT2D eigenvalue weighted by molar-refractivity contribution is 0.0254. The minimum atomic E-state index is -0.0664. The number of benzene rings is 1. The maximum Gasteiger partial charge on any atom is 0.251 e. The molecule has 158 valence electrons. The van der Waals surface area contributed by atoms with Crippen LogP contribution in [0.1, 0.15) is 27.0 Å². The number of hydrogen-bond acceptors (Lipinski definition) is 5. The van der Waals surface area contributed by atoms with Gasteiger partial charge in [-0.15, -0.1) is 11.3 Å². The normalized spacial score (nSPS) is 16.5. The van der Waals surface area contributed by atoms with E-state index in [2.05, 4.69) is 38.1 Å². The molecular weight excluding hydrogens is 408 g/mol. The van der Waals surface area contributed by atoms with Crippen molar-refractivity contribution < 1.29 is 9.53 Å². The highest BCUT2D eigenvalue weighted by Crippen LogP contribution is 2.34. The Labute approximate surface area is 184 Å². The molecule has 1 aliphatic rings. The fourth-order valence-corrected chi connectivity index (χ4v) is 4.70. The Balaban J connectivity index is 1.37. The SMILES string of the molecule is O=C(NCCc1cccs1)c1ccc2c(-c3cccnc3C3CNCCO3)c[nH]c2c1. The molecule has 6 nitrogen and oxygen atoms in total. The van der Waals surface area contributed by atoms with Gasteiger partial charge >= 0.3 is 0 Å². The van der Waals surface area contributed by atoms with Gasteiger partial charge in [0.05, 0.1) is 12.3 Å². The molecule has 1 unspecified atom stereocenters. The predicted octanol–water partition coefficient (Wildman–Crippen LogP) is 3.92. The molecule has 0 saturated carbocycles. The van der Waals surface area contributed by atoms with Gasteiger partial charge in [0.15, 0.2) is 0 Å². The molecule has 1 aliphatic heterocycles. The van der Waals surface area contributed by atoms with Gasteiger partial charge < -0.3 is 20.4 Å². The summed E-state index contributed by atoms with van der Waals surface area (Å²) in [5, 5.41) is 9.50. The number of nitrogens with zero attached hydrogens (tertiary/aromatic N) is 1. The summed E-state index contributed by atoms with van der Waals surface area (Å²) in [7, 11) is 0. The maximum atomic E-state index is 12.6. The van der Waals surface area contributed by atoms with Crippen LogP contribution >= 0.6 is 11.3 Å². The molecule has 1 saturated heterocycles. The number of hydrogen-bond donors (Lipinski definition) is 3. The van der Waals surface area contributed by atoms with Gasteiger partial charge in [-0.05, 0) is 36.1 Å². The number of ether oxygens (including phenoxy) is 1. The Morgan fingerprint density at radius 1 is 1.23 bits per heavy atom. The van der Waals surface area contributed by atoms with Crippen molar-refractivity contribution in [1.82, 2.24) is 20.6 Å². The van der Waals surface area contributed by atoms with E-state index >= 15 is 0 Å². The molecule has 0 bridgehead atoms. The molecule has 3 aromatic heterocycles. The molecule has 0 spiro atoms. The number of amides is 1. The van der Waals surface area contributed by atoms with E-state index in [0.29, 0.717) is 18.7 Å². The zero-order chi connectivity index (χ0) is 21.0. The van der Waals surface area contributed by atoms with Crippen LogP contribution in [0.4, 0.5) is 0 Å². The first-order valence-corrected chi connectivity index (χ1v) is 11.4. The highest BCUT2D eigenvalue weighted by molar-refractivity contribution is 7.09. The standard InChI is InChI=1S/C24H24N4O2S/c29-24(27-9-7-17-3-2-12-31-17)16-5-6-18-20(14-28-21(18)13-16)19-4-1-8-26-23(19)22-15-25-10-11-30-22/h1-6,8,12-14,22,25,28H,7,9-11,15H2,(H,27,29). The van der Waals surface area contributed by atoms with Gasteiger partial charge in [0.2, 0.25) is 0 Å². The number of H-pyrrole nitrogens is 1. The average molecular weight is 433 g/mol. The molecule has 4 heterocycles. The van der Waals surface area contributed by atoms with Crippen molar-refractivity contribution in [3.05, 3.63) is 76.4 Å². The second-order valence-electron chi connectivity index (χ2n) is 7.55. The maximum absolute atomic E-state index is 12.6. The Hall–Kier alpha value is -3.00. The highest BCUT2D eigenvalue weighted by Gasteiger charge is 2.22. The number of fused-ring (bicyclic) bond motifs is 1. The van der Waals surface area contributed by atoms with Gasteiger partial charge in [0, 0.05) is 64.5 Å². The summed E-state index contributed by atoms with van der Waals surface area (Å²) >= 11 is 1.71. The van der Waals surface area contributed by atoms with Crippen LogP contribution in [0.15, 0.2) is 60.2 Å². The number of carbonyl (C=O) groups is 1. The van der Waals surface area contributed by atoms with Crippen LogP contribution in [0.2, 0.25) is 0 Å². The predicted molar refractivity (Wildman–Crippen MR) is 123 cm³/mol. The summed E-state index contributed by atoms with van der Waals surface area (Å²) in [6.07, 6.45) is 4.58. The first-order valence-electron chi connectivity index (χ1n) is 10.5. The van der Waals surface area contributed by atoms with Crippen LogP contribution in [-0.4, -0.2) is 42.1 Å². The van der Waals surface area contributed by atoms with Gasteiger partial charge in [-0.2, -0.15) is 0 Å². The summed E-state index contributed by atoms with van der Waals surface area (Å²) < 4.78 is 5.94. The molecule has 3 N–H and O–H groups in total. The van der Waals surface area contributed by atoms with Crippen LogP contribution < -0.4 is 10.6 Å². The molecule has 4 aromatic rings. The van der Waals surface area contributed by atoms with Crippen molar-refractivity contribution in [2.75, 3.05) is 26.2 Å². The number of nitrogens with one attached hydrogen (secondary N) is 3. The van der Waals surface area contributed by atoms with Crippen LogP contribution in [0, 0.1) is 0 Å². The first kappa shape index (κ1) is 19.9. The lowest BCUT2D eigenvalue weighted by Crippen LogP contribution is -2.34. The number of carbonyl (C=O) groups excluding carboxylic acids is 1. The average Bonchev–Trinajstić information content (AvgIpc) is 3.49. The van der Waals surface area contributed by atoms with Gasteiger partial charge in [0.1, 0.15) is 6.10 Å². The fourth-order valence-electron chi connectivity index (χ4n) is 3.99. The second kappa shape index (κ2) is 9.01. The molecule has 0 aliphatic carbocycles. The lowest BCUT2D eigenvalue weighted by Gasteiger charge is -2.24. The Morgan fingerprint density at radius 3 is 3.03 bits per heavy atom. The molecule has 1 amide bonds. The van der Waals surface area contributed by atoms with Gasteiger partial charge in [-0.1, -0.05) is 18.2 Å². The van der Waals surface area contributed by atoms with Crippen molar-refractivity contribution in [1.29, 1.82) is 0 Å². The van der Waals surface area contributed by atoms with E-state index in [4.69, 9.17) is 4.74 Å². The van der Waals surface area contributed by atoms with Crippen LogP contribution in [0.5, 0.6) is 0 Å². The molecule has 31 heavy (non-hydrogen) atoms. The van der Waals surface area contributed by atoms with E-state index in [1.54, 1.807) is 11.3 Å². The topological polar surface area (TPSA) is 79.0 Å². The third kappa shape index (κ3) is 4.25. The number of aromatic nitrogens is 2. The molecule has 7 heteroatoms. The summed E-state index contributed by atoms with van der Waals surface area (Å²) in [4.78, 5) is 21.8. The monoisotopic (exact) mass is 432 g/mol. The van der Waals surface area contributed by atoms with Crippen molar-refractivity contribution >= 4 is 28.1 Å². The molecule has 0 radical (unpaired) electrons. The molecule has 1 fully saturated rings. The third-order valence-corrected chi connectivity index (χ3v) is 6.48. The number of pyridine rings is 1. The van der Waals surface area contributed by atoms with Crippen molar-refractivity contribution in [2.24, 2.45) is 0 Å². The first-order chi connectivity index (χ1) is 15.3. The van der Waals surface area contributed by atoms with E-state index in [1.807, 2.05) is 42.7 Å². The smallest absolute Gasteiger partial charge is 0.251 e. The molecule has 1 atom stereocenters. The highest BCUT2D eigenvalue weighted by atomic mass is 32.1. The second-order valence-corrected chi connectivity index (χ2v) is 8.58. The van der Waals surface area contributed by atoms with E-state index in [-0.39, 0.29) is 12.0 Å². The van der Waals surface area contributed by atoms with Crippen LogP contribution in [0.3, 0.4) is 0 Å². The number of thiophene rings is 1. The van der Waals surface area contributed by atoms with Crippen LogP contribution in [-0.2, 0) is 11.2 Å². The molecular formula is C24H24N4O2S. The summed E-state index contributed by atoms with van der Waals surface area (Å²) in [5.74, 6) is -0.0571. The Kier molecular flexibility index (Phi) is 5.80. The third-order valence-electron chi connectivity index (χ3n) is 5.54. The zero-order valence-corrected chi connectivity index (χ0v) is 17.9.